The number of aryl methyl sites for hydroxylation is 1. The average Bonchev–Trinajstić information content (AvgIpc) is 2.62. The zero-order valence-corrected chi connectivity index (χ0v) is 11.6. The minimum atomic E-state index is -0.638. The number of benzene rings is 1. The molecule has 3 atom stereocenters. The number of nitrogens with zero attached hydrogens (tertiary/aromatic N) is 1. The van der Waals surface area contributed by atoms with Crippen LogP contribution in [0.1, 0.15) is 38.0 Å². The Labute approximate surface area is 108 Å². The van der Waals surface area contributed by atoms with Gasteiger partial charge in [0.15, 0.2) is 0 Å². The number of halogens is 1. The molecule has 1 aromatic carbocycles. The molecule has 0 saturated carbocycles. The summed E-state index contributed by atoms with van der Waals surface area (Å²) in [5, 5.41) is 9.82. The molecule has 0 aliphatic carbocycles. The first kappa shape index (κ1) is 13.3. The molecular weight excluding hydrogens is 229 g/mol. The van der Waals surface area contributed by atoms with Crippen molar-refractivity contribution >= 4 is 5.69 Å². The van der Waals surface area contributed by atoms with Gasteiger partial charge in [0.25, 0.3) is 0 Å². The minimum absolute atomic E-state index is 0.241. The van der Waals surface area contributed by atoms with Crippen LogP contribution in [0.3, 0.4) is 0 Å². The highest BCUT2D eigenvalue weighted by Crippen LogP contribution is 2.34. The summed E-state index contributed by atoms with van der Waals surface area (Å²) in [6.07, 6.45) is -0.638. The molecule has 0 bridgehead atoms. The Morgan fingerprint density at radius 3 is 2.33 bits per heavy atom. The predicted octanol–water partition coefficient (Wildman–Crippen LogP) is 3.28. The van der Waals surface area contributed by atoms with Crippen molar-refractivity contribution in [2.75, 3.05) is 18.0 Å². The molecule has 1 aromatic rings. The van der Waals surface area contributed by atoms with Crippen molar-refractivity contribution in [3.05, 3.63) is 29.1 Å². The Morgan fingerprint density at radius 1 is 1.28 bits per heavy atom. The molecule has 3 heteroatoms. The lowest BCUT2D eigenvalue weighted by atomic mass is 10.0. The molecule has 0 aromatic heterocycles. The van der Waals surface area contributed by atoms with E-state index in [1.54, 1.807) is 13.8 Å². The summed E-state index contributed by atoms with van der Waals surface area (Å²) >= 11 is 0. The lowest BCUT2D eigenvalue weighted by Gasteiger charge is -2.24. The van der Waals surface area contributed by atoms with Crippen molar-refractivity contribution in [1.29, 1.82) is 0 Å². The SMILES string of the molecule is Cc1cc(N2CC(C)C(C)C2)c(C(C)O)cc1F. The van der Waals surface area contributed by atoms with E-state index in [4.69, 9.17) is 0 Å². The Kier molecular flexibility index (Phi) is 3.62. The van der Waals surface area contributed by atoms with Crippen LogP contribution in [0.4, 0.5) is 10.1 Å². The Bertz CT molecular complexity index is 434. The van der Waals surface area contributed by atoms with Gasteiger partial charge in [-0.25, -0.2) is 4.39 Å². The second kappa shape index (κ2) is 4.88. The molecule has 2 nitrogen and oxygen atoms in total. The van der Waals surface area contributed by atoms with Crippen molar-refractivity contribution < 1.29 is 9.50 Å². The van der Waals surface area contributed by atoms with E-state index in [-0.39, 0.29) is 5.82 Å². The standard InChI is InChI=1S/C15H22FNO/c1-9-5-15(13(12(4)18)6-14(9)16)17-7-10(2)11(3)8-17/h5-6,10-12,18H,7-8H2,1-4H3. The normalized spacial score (nSPS) is 25.6. The summed E-state index contributed by atoms with van der Waals surface area (Å²) in [4.78, 5) is 2.27. The van der Waals surface area contributed by atoms with Gasteiger partial charge in [-0.05, 0) is 43.4 Å². The fourth-order valence-electron chi connectivity index (χ4n) is 2.62. The molecule has 2 rings (SSSR count). The number of anilines is 1. The molecule has 3 unspecified atom stereocenters. The van der Waals surface area contributed by atoms with Gasteiger partial charge < -0.3 is 10.0 Å². The number of hydrogen-bond donors (Lipinski definition) is 1. The maximum absolute atomic E-state index is 13.6. The van der Waals surface area contributed by atoms with E-state index in [1.165, 1.54) is 6.07 Å². The lowest BCUT2D eigenvalue weighted by molar-refractivity contribution is 0.199. The first-order valence-corrected chi connectivity index (χ1v) is 6.63. The van der Waals surface area contributed by atoms with E-state index >= 15 is 0 Å². The largest absolute Gasteiger partial charge is 0.389 e. The average molecular weight is 251 g/mol. The quantitative estimate of drug-likeness (QED) is 0.872. The summed E-state index contributed by atoms with van der Waals surface area (Å²) in [6.45, 7) is 9.90. The van der Waals surface area contributed by atoms with E-state index < -0.39 is 6.10 Å². The zero-order chi connectivity index (χ0) is 13.4. The number of rotatable bonds is 2. The zero-order valence-electron chi connectivity index (χ0n) is 11.6. The summed E-state index contributed by atoms with van der Waals surface area (Å²) in [5.74, 6) is 1.03. The van der Waals surface area contributed by atoms with Crippen LogP contribution >= 0.6 is 0 Å². The molecule has 1 aliphatic rings. The highest BCUT2D eigenvalue weighted by Gasteiger charge is 2.28. The summed E-state index contributed by atoms with van der Waals surface area (Å²) in [7, 11) is 0. The first-order chi connectivity index (χ1) is 8.40. The Morgan fingerprint density at radius 2 is 1.83 bits per heavy atom. The van der Waals surface area contributed by atoms with Gasteiger partial charge >= 0.3 is 0 Å². The van der Waals surface area contributed by atoms with E-state index in [9.17, 15) is 9.50 Å². The number of hydrogen-bond acceptors (Lipinski definition) is 2. The van der Waals surface area contributed by atoms with Gasteiger partial charge in [-0.2, -0.15) is 0 Å². The van der Waals surface area contributed by atoms with Gasteiger partial charge in [-0.3, -0.25) is 0 Å². The van der Waals surface area contributed by atoms with Crippen LogP contribution in [-0.4, -0.2) is 18.2 Å². The van der Waals surface area contributed by atoms with Crippen LogP contribution in [0, 0.1) is 24.6 Å². The Hall–Kier alpha value is -1.09. The van der Waals surface area contributed by atoms with Gasteiger partial charge in [-0.1, -0.05) is 13.8 Å². The topological polar surface area (TPSA) is 23.5 Å². The fraction of sp³-hybridized carbons (Fsp3) is 0.600. The van der Waals surface area contributed by atoms with Crippen LogP contribution < -0.4 is 4.90 Å². The van der Waals surface area contributed by atoms with Crippen molar-refractivity contribution in [3.63, 3.8) is 0 Å². The maximum atomic E-state index is 13.6. The fourth-order valence-corrected chi connectivity index (χ4v) is 2.62. The molecule has 0 radical (unpaired) electrons. The summed E-state index contributed by atoms with van der Waals surface area (Å²) in [5.41, 5.74) is 2.32. The van der Waals surface area contributed by atoms with Gasteiger partial charge in [0, 0.05) is 24.3 Å². The Balaban J connectivity index is 2.40. The second-order valence-electron chi connectivity index (χ2n) is 5.70. The van der Waals surface area contributed by atoms with Crippen molar-refractivity contribution in [1.82, 2.24) is 0 Å². The third-order valence-electron chi connectivity index (χ3n) is 4.09. The summed E-state index contributed by atoms with van der Waals surface area (Å²) in [6, 6.07) is 3.34. The molecule has 1 fully saturated rings. The molecule has 0 spiro atoms. The number of aliphatic hydroxyl groups excluding tert-OH is 1. The minimum Gasteiger partial charge on any atom is -0.389 e. The van der Waals surface area contributed by atoms with Gasteiger partial charge in [0.2, 0.25) is 0 Å². The van der Waals surface area contributed by atoms with Crippen molar-refractivity contribution in [3.8, 4) is 0 Å². The smallest absolute Gasteiger partial charge is 0.126 e. The summed E-state index contributed by atoms with van der Waals surface area (Å²) < 4.78 is 13.6. The molecule has 100 valence electrons. The van der Waals surface area contributed by atoms with Crippen LogP contribution in [0.2, 0.25) is 0 Å². The molecule has 1 saturated heterocycles. The van der Waals surface area contributed by atoms with E-state index in [2.05, 4.69) is 18.7 Å². The molecule has 1 heterocycles. The van der Waals surface area contributed by atoms with Crippen LogP contribution in [0.5, 0.6) is 0 Å². The van der Waals surface area contributed by atoms with Crippen LogP contribution in [0.15, 0.2) is 12.1 Å². The molecular formula is C15H22FNO. The number of aliphatic hydroxyl groups is 1. The van der Waals surface area contributed by atoms with Crippen LogP contribution in [0.25, 0.3) is 0 Å². The second-order valence-corrected chi connectivity index (χ2v) is 5.70. The first-order valence-electron chi connectivity index (χ1n) is 6.63. The highest BCUT2D eigenvalue weighted by molar-refractivity contribution is 5.57. The third-order valence-corrected chi connectivity index (χ3v) is 4.09. The van der Waals surface area contributed by atoms with E-state index in [0.717, 1.165) is 18.8 Å². The molecule has 1 N–H and O–H groups in total. The van der Waals surface area contributed by atoms with Gasteiger partial charge in [-0.15, -0.1) is 0 Å². The van der Waals surface area contributed by atoms with E-state index in [0.29, 0.717) is 23.0 Å². The third kappa shape index (κ3) is 2.37. The lowest BCUT2D eigenvalue weighted by Crippen LogP contribution is -2.22. The van der Waals surface area contributed by atoms with Gasteiger partial charge in [0.05, 0.1) is 6.10 Å². The van der Waals surface area contributed by atoms with Crippen molar-refractivity contribution in [2.45, 2.75) is 33.8 Å². The molecule has 18 heavy (non-hydrogen) atoms. The highest BCUT2D eigenvalue weighted by atomic mass is 19.1. The van der Waals surface area contributed by atoms with Crippen LogP contribution in [-0.2, 0) is 0 Å². The predicted molar refractivity (Wildman–Crippen MR) is 72.3 cm³/mol. The monoisotopic (exact) mass is 251 g/mol. The molecule has 0 amide bonds. The van der Waals surface area contributed by atoms with Crippen molar-refractivity contribution in [2.24, 2.45) is 11.8 Å². The maximum Gasteiger partial charge on any atom is 0.126 e. The molecule has 1 aliphatic heterocycles. The van der Waals surface area contributed by atoms with Gasteiger partial charge in [0.1, 0.15) is 5.82 Å². The van der Waals surface area contributed by atoms with E-state index in [1.807, 2.05) is 6.07 Å².